The van der Waals surface area contributed by atoms with Crippen molar-refractivity contribution in [3.8, 4) is 5.75 Å². The zero-order chi connectivity index (χ0) is 23.4. The van der Waals surface area contributed by atoms with Crippen LogP contribution in [0.25, 0.3) is 11.0 Å². The summed E-state index contributed by atoms with van der Waals surface area (Å²) in [6.07, 6.45) is 5.02. The van der Waals surface area contributed by atoms with Gasteiger partial charge in [0, 0.05) is 12.6 Å². The highest BCUT2D eigenvalue weighted by Gasteiger charge is 2.27. The number of piperidine rings is 1. The standard InChI is InChI=1S/C25H25BrClNO5/c26-20-3-1-17(13-23(20)33-15-25(30)31)11-18-6-9-28(24(27)14-18)8-5-16-2-4-22-19(12-16)21(29)7-10-32-22/h1-4,7,10,12-13,18,24H,5-6,8-9,11,14-15H2,(H,30,31). The van der Waals surface area contributed by atoms with Gasteiger partial charge >= 0.3 is 5.97 Å². The Kier molecular flexibility index (Phi) is 7.73. The number of aliphatic carboxylic acids is 1. The van der Waals surface area contributed by atoms with Crippen LogP contribution in [0.4, 0.5) is 0 Å². The van der Waals surface area contributed by atoms with Gasteiger partial charge < -0.3 is 14.3 Å². The minimum Gasteiger partial charge on any atom is -0.481 e. The van der Waals surface area contributed by atoms with Crippen LogP contribution in [0.1, 0.15) is 24.0 Å². The van der Waals surface area contributed by atoms with Crippen LogP contribution in [-0.4, -0.2) is 41.2 Å². The van der Waals surface area contributed by atoms with Crippen molar-refractivity contribution in [2.24, 2.45) is 5.92 Å². The van der Waals surface area contributed by atoms with Gasteiger partial charge in [-0.15, -0.1) is 11.6 Å². The number of ether oxygens (including phenoxy) is 1. The number of carboxylic acid groups (broad SMARTS) is 1. The van der Waals surface area contributed by atoms with Gasteiger partial charge in [0.15, 0.2) is 12.0 Å². The Labute approximate surface area is 205 Å². The fourth-order valence-corrected chi connectivity index (χ4v) is 5.09. The Morgan fingerprint density at radius 2 is 2.03 bits per heavy atom. The fraction of sp³-hybridized carbons (Fsp3) is 0.360. The Balaban J connectivity index is 1.32. The number of rotatable bonds is 8. The quantitative estimate of drug-likeness (QED) is 0.321. The second kappa shape index (κ2) is 10.7. The number of carboxylic acids is 1. The molecule has 2 aromatic carbocycles. The molecule has 0 spiro atoms. The molecule has 6 nitrogen and oxygen atoms in total. The molecule has 0 aliphatic carbocycles. The maximum atomic E-state index is 12.1. The molecule has 2 heterocycles. The Morgan fingerprint density at radius 1 is 1.21 bits per heavy atom. The first-order valence-corrected chi connectivity index (χ1v) is 12.1. The van der Waals surface area contributed by atoms with E-state index in [-0.39, 0.29) is 17.5 Å². The molecule has 1 fully saturated rings. The first-order chi connectivity index (χ1) is 15.9. The fourth-order valence-electron chi connectivity index (χ4n) is 4.29. The Hall–Kier alpha value is -2.35. The molecule has 2 atom stereocenters. The number of halogens is 2. The lowest BCUT2D eigenvalue weighted by atomic mass is 9.89. The van der Waals surface area contributed by atoms with Crippen LogP contribution in [-0.2, 0) is 17.6 Å². The predicted molar refractivity (Wildman–Crippen MR) is 131 cm³/mol. The van der Waals surface area contributed by atoms with E-state index < -0.39 is 5.97 Å². The van der Waals surface area contributed by atoms with Crippen molar-refractivity contribution in [3.63, 3.8) is 0 Å². The number of hydrogen-bond acceptors (Lipinski definition) is 5. The van der Waals surface area contributed by atoms with Gasteiger partial charge in [-0.2, -0.15) is 0 Å². The van der Waals surface area contributed by atoms with Gasteiger partial charge in [0.1, 0.15) is 11.3 Å². The Bertz CT molecular complexity index is 1200. The van der Waals surface area contributed by atoms with E-state index >= 15 is 0 Å². The number of fused-ring (bicyclic) bond motifs is 1. The van der Waals surface area contributed by atoms with Crippen LogP contribution in [0.15, 0.2) is 62.4 Å². The molecule has 1 saturated heterocycles. The summed E-state index contributed by atoms with van der Waals surface area (Å²) in [6.45, 7) is 1.37. The first kappa shape index (κ1) is 23.8. The highest BCUT2D eigenvalue weighted by molar-refractivity contribution is 9.10. The van der Waals surface area contributed by atoms with E-state index in [0.717, 1.165) is 54.4 Å². The highest BCUT2D eigenvalue weighted by Crippen LogP contribution is 2.31. The lowest BCUT2D eigenvalue weighted by Gasteiger charge is -2.36. The maximum absolute atomic E-state index is 12.1. The molecule has 1 aliphatic rings. The Morgan fingerprint density at radius 3 is 2.82 bits per heavy atom. The summed E-state index contributed by atoms with van der Waals surface area (Å²) in [4.78, 5) is 25.1. The first-order valence-electron chi connectivity index (χ1n) is 10.9. The molecule has 2 unspecified atom stereocenters. The van der Waals surface area contributed by atoms with E-state index in [2.05, 4.69) is 20.8 Å². The molecule has 3 aromatic rings. The molecule has 174 valence electrons. The van der Waals surface area contributed by atoms with Gasteiger partial charge in [0.05, 0.1) is 21.6 Å². The molecular formula is C25H25BrClNO5. The third-order valence-corrected chi connectivity index (χ3v) is 7.14. The van der Waals surface area contributed by atoms with E-state index in [4.69, 9.17) is 25.9 Å². The van der Waals surface area contributed by atoms with Gasteiger partial charge in [0.25, 0.3) is 0 Å². The molecule has 0 bridgehead atoms. The van der Waals surface area contributed by atoms with Crippen molar-refractivity contribution in [1.29, 1.82) is 0 Å². The van der Waals surface area contributed by atoms with Crippen LogP contribution in [0.2, 0.25) is 0 Å². The molecule has 8 heteroatoms. The van der Waals surface area contributed by atoms with Crippen molar-refractivity contribution < 1.29 is 19.1 Å². The van der Waals surface area contributed by atoms with E-state index in [1.807, 2.05) is 36.4 Å². The van der Waals surface area contributed by atoms with Crippen LogP contribution in [0.5, 0.6) is 5.75 Å². The number of likely N-dealkylation sites (tertiary alicyclic amines) is 1. The summed E-state index contributed by atoms with van der Waals surface area (Å²) in [5, 5.41) is 9.46. The number of benzene rings is 2. The second-order valence-electron chi connectivity index (χ2n) is 8.38. The third-order valence-electron chi connectivity index (χ3n) is 6.03. The topological polar surface area (TPSA) is 80.0 Å². The van der Waals surface area contributed by atoms with Crippen LogP contribution >= 0.6 is 27.5 Å². The maximum Gasteiger partial charge on any atom is 0.341 e. The van der Waals surface area contributed by atoms with Gasteiger partial charge in [0.2, 0.25) is 0 Å². The van der Waals surface area contributed by atoms with Crippen molar-refractivity contribution in [2.45, 2.75) is 31.2 Å². The highest BCUT2D eigenvalue weighted by atomic mass is 79.9. The van der Waals surface area contributed by atoms with Crippen LogP contribution < -0.4 is 10.2 Å². The van der Waals surface area contributed by atoms with Crippen molar-refractivity contribution >= 4 is 44.5 Å². The summed E-state index contributed by atoms with van der Waals surface area (Å²) in [5.74, 6) is -0.0152. The van der Waals surface area contributed by atoms with E-state index in [9.17, 15) is 9.59 Å². The zero-order valence-corrected chi connectivity index (χ0v) is 20.3. The lowest BCUT2D eigenvalue weighted by molar-refractivity contribution is -0.139. The normalized spacial score (nSPS) is 19.0. The van der Waals surface area contributed by atoms with Crippen LogP contribution in [0.3, 0.4) is 0 Å². The van der Waals surface area contributed by atoms with E-state index in [1.165, 1.54) is 12.3 Å². The van der Waals surface area contributed by atoms with E-state index in [0.29, 0.717) is 22.6 Å². The molecule has 0 amide bonds. The van der Waals surface area contributed by atoms with E-state index in [1.54, 1.807) is 0 Å². The van der Waals surface area contributed by atoms with Gasteiger partial charge in [-0.3, -0.25) is 9.69 Å². The predicted octanol–water partition coefficient (Wildman–Crippen LogP) is 5.08. The number of nitrogens with zero attached hydrogens (tertiary/aromatic N) is 1. The SMILES string of the molecule is O=C(O)COc1cc(CC2CCN(CCc3ccc4occc(=O)c4c3)C(Cl)C2)ccc1Br. The van der Waals surface area contributed by atoms with Crippen molar-refractivity contribution in [1.82, 2.24) is 4.90 Å². The van der Waals surface area contributed by atoms with Gasteiger partial charge in [-0.05, 0) is 89.5 Å². The summed E-state index contributed by atoms with van der Waals surface area (Å²) >= 11 is 10.1. The van der Waals surface area contributed by atoms with Crippen LogP contribution in [0, 0.1) is 5.92 Å². The van der Waals surface area contributed by atoms with Gasteiger partial charge in [-0.1, -0.05) is 12.1 Å². The summed E-state index contributed by atoms with van der Waals surface area (Å²) < 4.78 is 11.5. The molecule has 1 aliphatic heterocycles. The molecule has 0 saturated carbocycles. The van der Waals surface area contributed by atoms with Crippen molar-refractivity contribution in [2.75, 3.05) is 19.7 Å². The minimum absolute atomic E-state index is 0.0291. The molecule has 1 N–H and O–H groups in total. The molecule has 1 aromatic heterocycles. The monoisotopic (exact) mass is 533 g/mol. The molecule has 0 radical (unpaired) electrons. The summed E-state index contributed by atoms with van der Waals surface area (Å²) in [6, 6.07) is 13.0. The van der Waals surface area contributed by atoms with Crippen molar-refractivity contribution in [3.05, 3.63) is 74.6 Å². The zero-order valence-electron chi connectivity index (χ0n) is 18.0. The largest absolute Gasteiger partial charge is 0.481 e. The number of alkyl halides is 1. The summed E-state index contributed by atoms with van der Waals surface area (Å²) in [7, 11) is 0. The third kappa shape index (κ3) is 6.16. The van der Waals surface area contributed by atoms with Gasteiger partial charge in [-0.25, -0.2) is 4.79 Å². The second-order valence-corrected chi connectivity index (χ2v) is 9.74. The average Bonchev–Trinajstić information content (AvgIpc) is 2.79. The minimum atomic E-state index is -1.00. The number of carbonyl (C=O) groups is 1. The summed E-state index contributed by atoms with van der Waals surface area (Å²) in [5.41, 5.74) is 2.73. The molecule has 4 rings (SSSR count). The molecular weight excluding hydrogens is 510 g/mol. The number of hydrogen-bond donors (Lipinski definition) is 1. The smallest absolute Gasteiger partial charge is 0.341 e. The molecule has 33 heavy (non-hydrogen) atoms. The average molecular weight is 535 g/mol. The lowest BCUT2D eigenvalue weighted by Crippen LogP contribution is -2.41.